The fourth-order valence-corrected chi connectivity index (χ4v) is 2.28. The molecule has 94 valence electrons. The molecule has 1 saturated heterocycles. The molecule has 0 saturated carbocycles. The minimum absolute atomic E-state index is 0.601. The monoisotopic (exact) mass is 256 g/mol. The van der Waals surface area contributed by atoms with Gasteiger partial charge in [-0.3, -0.25) is 0 Å². The van der Waals surface area contributed by atoms with Gasteiger partial charge in [0.25, 0.3) is 0 Å². The number of ether oxygens (including phenoxy) is 3. The summed E-state index contributed by atoms with van der Waals surface area (Å²) in [4.78, 5) is 0. The molecule has 0 N–H and O–H groups in total. The predicted octanol–water partition coefficient (Wildman–Crippen LogP) is 2.91. The van der Waals surface area contributed by atoms with Crippen LogP contribution in [0.25, 0.3) is 0 Å². The average Bonchev–Trinajstić information content (AvgIpc) is 2.86. The Balaban J connectivity index is 2.31. The van der Waals surface area contributed by atoms with Crippen LogP contribution in [0.2, 0.25) is 0 Å². The first-order valence-electron chi connectivity index (χ1n) is 5.80. The van der Waals surface area contributed by atoms with Crippen molar-refractivity contribution in [3.05, 3.63) is 29.8 Å². The van der Waals surface area contributed by atoms with E-state index in [1.54, 1.807) is 7.11 Å². The first-order valence-corrected chi connectivity index (χ1v) is 6.33. The van der Waals surface area contributed by atoms with E-state index in [0.717, 1.165) is 24.2 Å². The number of para-hydroxylation sites is 1. The van der Waals surface area contributed by atoms with Crippen LogP contribution in [0.3, 0.4) is 0 Å². The Bertz CT molecular complexity index is 361. The van der Waals surface area contributed by atoms with Crippen LogP contribution in [-0.4, -0.2) is 26.2 Å². The van der Waals surface area contributed by atoms with E-state index >= 15 is 0 Å². The minimum atomic E-state index is -0.679. The maximum atomic E-state index is 5.81. The molecule has 0 atom stereocenters. The van der Waals surface area contributed by atoms with Crippen molar-refractivity contribution in [2.24, 2.45) is 0 Å². The minimum Gasteiger partial charge on any atom is -0.496 e. The van der Waals surface area contributed by atoms with Gasteiger partial charge in [0.1, 0.15) is 5.75 Å². The zero-order chi connectivity index (χ0) is 12.1. The zero-order valence-electron chi connectivity index (χ0n) is 9.95. The molecular formula is C13H17ClO3. The zero-order valence-corrected chi connectivity index (χ0v) is 10.7. The lowest BCUT2D eigenvalue weighted by Gasteiger charge is -2.29. The van der Waals surface area contributed by atoms with E-state index < -0.39 is 5.79 Å². The van der Waals surface area contributed by atoms with Crippen molar-refractivity contribution in [2.45, 2.75) is 18.6 Å². The van der Waals surface area contributed by atoms with E-state index in [2.05, 4.69) is 0 Å². The second-order valence-electron chi connectivity index (χ2n) is 3.94. The van der Waals surface area contributed by atoms with Crippen LogP contribution in [0, 0.1) is 0 Å². The van der Waals surface area contributed by atoms with E-state index in [4.69, 9.17) is 25.8 Å². The summed E-state index contributed by atoms with van der Waals surface area (Å²) in [5, 5.41) is 0. The molecule has 0 radical (unpaired) electrons. The van der Waals surface area contributed by atoms with Gasteiger partial charge in [-0.1, -0.05) is 12.1 Å². The summed E-state index contributed by atoms with van der Waals surface area (Å²) >= 11 is 5.76. The Morgan fingerprint density at radius 1 is 1.29 bits per heavy atom. The number of hydrogen-bond donors (Lipinski definition) is 0. The molecule has 1 aliphatic rings. The predicted molar refractivity (Wildman–Crippen MR) is 66.5 cm³/mol. The highest BCUT2D eigenvalue weighted by Gasteiger charge is 2.40. The van der Waals surface area contributed by atoms with Crippen molar-refractivity contribution in [1.29, 1.82) is 0 Å². The Hall–Kier alpha value is -0.770. The summed E-state index contributed by atoms with van der Waals surface area (Å²) in [6.07, 6.45) is 1.59. The lowest BCUT2D eigenvalue weighted by atomic mass is 10.00. The molecule has 1 aromatic carbocycles. The van der Waals surface area contributed by atoms with Crippen molar-refractivity contribution in [3.63, 3.8) is 0 Å². The highest BCUT2D eigenvalue weighted by molar-refractivity contribution is 6.17. The Morgan fingerprint density at radius 3 is 2.65 bits per heavy atom. The molecule has 2 rings (SSSR count). The molecule has 0 spiro atoms. The molecule has 0 aromatic heterocycles. The summed E-state index contributed by atoms with van der Waals surface area (Å²) in [5.41, 5.74) is 0.949. The van der Waals surface area contributed by atoms with Crippen molar-refractivity contribution in [2.75, 3.05) is 26.2 Å². The van der Waals surface area contributed by atoms with Crippen LogP contribution >= 0.6 is 11.6 Å². The molecular weight excluding hydrogens is 240 g/mol. The molecule has 0 amide bonds. The van der Waals surface area contributed by atoms with E-state index in [0.29, 0.717) is 19.1 Å². The lowest BCUT2D eigenvalue weighted by Crippen LogP contribution is -2.28. The summed E-state index contributed by atoms with van der Waals surface area (Å²) < 4.78 is 17.0. The summed E-state index contributed by atoms with van der Waals surface area (Å²) in [7, 11) is 1.66. The van der Waals surface area contributed by atoms with Crippen LogP contribution in [-0.2, 0) is 15.3 Å². The third-order valence-electron chi connectivity index (χ3n) is 2.91. The molecule has 1 aliphatic heterocycles. The normalized spacial score (nSPS) is 18.2. The fourth-order valence-electron chi connectivity index (χ4n) is 2.15. The second kappa shape index (κ2) is 5.71. The number of rotatable bonds is 5. The van der Waals surface area contributed by atoms with E-state index in [1.807, 2.05) is 24.3 Å². The molecule has 1 fully saturated rings. The van der Waals surface area contributed by atoms with Gasteiger partial charge in [0.15, 0.2) is 5.79 Å². The average molecular weight is 257 g/mol. The number of benzene rings is 1. The van der Waals surface area contributed by atoms with Gasteiger partial charge in [-0.15, -0.1) is 11.6 Å². The van der Waals surface area contributed by atoms with Gasteiger partial charge in [-0.2, -0.15) is 0 Å². The van der Waals surface area contributed by atoms with Gasteiger partial charge < -0.3 is 14.2 Å². The molecule has 1 aromatic rings. The van der Waals surface area contributed by atoms with Crippen LogP contribution < -0.4 is 4.74 Å². The van der Waals surface area contributed by atoms with Crippen molar-refractivity contribution in [1.82, 2.24) is 0 Å². The highest BCUT2D eigenvalue weighted by Crippen LogP contribution is 2.40. The van der Waals surface area contributed by atoms with Crippen LogP contribution in [0.15, 0.2) is 24.3 Å². The smallest absolute Gasteiger partial charge is 0.198 e. The molecule has 0 bridgehead atoms. The third kappa shape index (κ3) is 2.57. The van der Waals surface area contributed by atoms with Gasteiger partial charge in [0.05, 0.1) is 25.9 Å². The van der Waals surface area contributed by atoms with Crippen LogP contribution in [0.1, 0.15) is 18.4 Å². The summed E-state index contributed by atoms with van der Waals surface area (Å²) in [6.45, 7) is 1.22. The van der Waals surface area contributed by atoms with Gasteiger partial charge in [-0.25, -0.2) is 0 Å². The second-order valence-corrected chi connectivity index (χ2v) is 4.32. The fraction of sp³-hybridized carbons (Fsp3) is 0.538. The van der Waals surface area contributed by atoms with E-state index in [9.17, 15) is 0 Å². The third-order valence-corrected chi connectivity index (χ3v) is 3.18. The number of methoxy groups -OCH3 is 1. The van der Waals surface area contributed by atoms with Crippen molar-refractivity contribution < 1.29 is 14.2 Å². The Labute approximate surface area is 107 Å². The molecule has 4 heteroatoms. The van der Waals surface area contributed by atoms with Crippen molar-refractivity contribution >= 4 is 11.6 Å². The van der Waals surface area contributed by atoms with Crippen LogP contribution in [0.4, 0.5) is 0 Å². The summed E-state index contributed by atoms with van der Waals surface area (Å²) in [5.74, 6) is 0.717. The Kier molecular flexibility index (Phi) is 4.26. The van der Waals surface area contributed by atoms with Crippen LogP contribution in [0.5, 0.6) is 5.75 Å². The quantitative estimate of drug-likeness (QED) is 0.758. The topological polar surface area (TPSA) is 27.7 Å². The van der Waals surface area contributed by atoms with Crippen molar-refractivity contribution in [3.8, 4) is 5.75 Å². The lowest BCUT2D eigenvalue weighted by molar-refractivity contribution is -0.171. The van der Waals surface area contributed by atoms with E-state index in [1.165, 1.54) is 0 Å². The first kappa shape index (κ1) is 12.7. The van der Waals surface area contributed by atoms with Gasteiger partial charge >= 0.3 is 0 Å². The molecule has 1 heterocycles. The molecule has 3 nitrogen and oxygen atoms in total. The molecule has 0 aliphatic carbocycles. The maximum absolute atomic E-state index is 5.81. The number of alkyl halides is 1. The summed E-state index contributed by atoms with van der Waals surface area (Å²) in [6, 6.07) is 7.80. The highest BCUT2D eigenvalue weighted by atomic mass is 35.5. The molecule has 17 heavy (non-hydrogen) atoms. The van der Waals surface area contributed by atoms with Gasteiger partial charge in [-0.05, 0) is 18.6 Å². The standard InChI is InChI=1S/C13H17ClO3/c1-15-12-6-3-2-5-11(12)13(7-4-8-14)16-9-10-17-13/h2-3,5-6H,4,7-10H2,1H3. The SMILES string of the molecule is COc1ccccc1C1(CCCCl)OCCO1. The Morgan fingerprint density at radius 2 is 2.00 bits per heavy atom. The van der Waals surface area contributed by atoms with Gasteiger partial charge in [0, 0.05) is 12.3 Å². The van der Waals surface area contributed by atoms with Gasteiger partial charge in [0.2, 0.25) is 0 Å². The maximum Gasteiger partial charge on any atom is 0.198 e. The molecule has 0 unspecified atom stereocenters. The first-order chi connectivity index (χ1) is 8.32. The van der Waals surface area contributed by atoms with E-state index in [-0.39, 0.29) is 0 Å². The number of halogens is 1. The number of hydrogen-bond acceptors (Lipinski definition) is 3. The largest absolute Gasteiger partial charge is 0.496 e.